The third-order valence-corrected chi connectivity index (χ3v) is 6.44. The van der Waals surface area contributed by atoms with Gasteiger partial charge < -0.3 is 5.32 Å². The van der Waals surface area contributed by atoms with Gasteiger partial charge in [-0.1, -0.05) is 24.1 Å². The molecule has 6 heteroatoms. The summed E-state index contributed by atoms with van der Waals surface area (Å²) in [4.78, 5) is 9.87. The Balaban J connectivity index is 2.47. The lowest BCUT2D eigenvalue weighted by Gasteiger charge is -2.46. The van der Waals surface area contributed by atoms with Crippen LogP contribution in [0.15, 0.2) is 29.2 Å². The van der Waals surface area contributed by atoms with Crippen molar-refractivity contribution >= 4 is 24.1 Å². The van der Waals surface area contributed by atoms with Gasteiger partial charge in [0.2, 0.25) is 16.2 Å². The number of carbonyl (C=O) groups excluding carboxylic acids is 1. The predicted octanol–water partition coefficient (Wildman–Crippen LogP) is 0.426. The molecule has 1 saturated carbocycles. The first kappa shape index (κ1) is 13.1. The average molecular weight is 265 g/mol. The molecule has 96 valence electrons. The molecule has 0 aliphatic heterocycles. The largest absolute Gasteiger partial charge is 0.340 e. The molecule has 0 saturated heterocycles. The molecule has 0 aromatic heterocycles. The van der Waals surface area contributed by atoms with Gasteiger partial charge in [0.15, 0.2) is 0 Å². The third-order valence-electron chi connectivity index (χ3n) is 3.86. The van der Waals surface area contributed by atoms with E-state index >= 15 is 0 Å². The molecule has 0 radical (unpaired) electrons. The standard InChI is InChI=1S/C12H16BNO3S/c1-9-2-4-10(5-3-9)18(16,17)12(14-8-15)7-6-11(12)13/h2-5,8,11H,6-7,13H2,1H3,(H,14,15). The van der Waals surface area contributed by atoms with Gasteiger partial charge in [-0.05, 0) is 31.3 Å². The zero-order chi connectivity index (χ0) is 13.4. The Bertz CT molecular complexity index is 555. The van der Waals surface area contributed by atoms with E-state index in [9.17, 15) is 13.2 Å². The Morgan fingerprint density at radius 3 is 2.39 bits per heavy atom. The van der Waals surface area contributed by atoms with E-state index in [1.54, 1.807) is 24.3 Å². The van der Waals surface area contributed by atoms with Crippen LogP contribution in [0.2, 0.25) is 5.82 Å². The van der Waals surface area contributed by atoms with E-state index in [-0.39, 0.29) is 10.7 Å². The van der Waals surface area contributed by atoms with Crippen molar-refractivity contribution in [2.24, 2.45) is 0 Å². The Hall–Kier alpha value is -1.30. The van der Waals surface area contributed by atoms with Crippen molar-refractivity contribution in [1.29, 1.82) is 0 Å². The van der Waals surface area contributed by atoms with Crippen molar-refractivity contribution in [2.45, 2.75) is 35.3 Å². The van der Waals surface area contributed by atoms with E-state index in [0.29, 0.717) is 12.8 Å². The molecule has 4 nitrogen and oxygen atoms in total. The second-order valence-electron chi connectivity index (χ2n) is 4.91. The summed E-state index contributed by atoms with van der Waals surface area (Å²) in [6, 6.07) is 6.74. The van der Waals surface area contributed by atoms with Crippen LogP contribution in [0.25, 0.3) is 0 Å². The fourth-order valence-corrected chi connectivity index (χ4v) is 4.57. The zero-order valence-electron chi connectivity index (χ0n) is 10.5. The number of benzene rings is 1. The monoisotopic (exact) mass is 265 g/mol. The molecule has 2 unspecified atom stereocenters. The molecule has 1 aromatic carbocycles. The summed E-state index contributed by atoms with van der Waals surface area (Å²) in [5.41, 5.74) is 1.01. The van der Waals surface area contributed by atoms with E-state index in [4.69, 9.17) is 0 Å². The predicted molar refractivity (Wildman–Crippen MR) is 71.8 cm³/mol. The molecule has 2 rings (SSSR count). The number of amides is 1. The Kier molecular flexibility index (Phi) is 3.23. The fraction of sp³-hybridized carbons (Fsp3) is 0.417. The molecule has 1 aromatic rings. The van der Waals surface area contributed by atoms with Crippen LogP contribution in [-0.2, 0) is 14.6 Å². The summed E-state index contributed by atoms with van der Waals surface area (Å²) in [6.07, 6.45) is 1.77. The summed E-state index contributed by atoms with van der Waals surface area (Å²) >= 11 is 0. The van der Waals surface area contributed by atoms with Crippen LogP contribution in [0.4, 0.5) is 0 Å². The summed E-state index contributed by atoms with van der Waals surface area (Å²) in [7, 11) is -1.68. The molecule has 1 aliphatic carbocycles. The second kappa shape index (κ2) is 4.42. The van der Waals surface area contributed by atoms with E-state index < -0.39 is 14.7 Å². The Labute approximate surface area is 108 Å². The lowest BCUT2D eigenvalue weighted by Crippen LogP contribution is -2.60. The van der Waals surface area contributed by atoms with Gasteiger partial charge in [0.25, 0.3) is 0 Å². The first-order valence-electron chi connectivity index (χ1n) is 5.97. The van der Waals surface area contributed by atoms with Crippen molar-refractivity contribution in [1.82, 2.24) is 5.32 Å². The topological polar surface area (TPSA) is 63.2 Å². The van der Waals surface area contributed by atoms with Crippen LogP contribution in [-0.4, -0.2) is 27.5 Å². The van der Waals surface area contributed by atoms with Gasteiger partial charge in [0.1, 0.15) is 12.7 Å². The van der Waals surface area contributed by atoms with Crippen molar-refractivity contribution in [3.05, 3.63) is 29.8 Å². The van der Waals surface area contributed by atoms with Crippen molar-refractivity contribution in [2.75, 3.05) is 0 Å². The van der Waals surface area contributed by atoms with E-state index in [0.717, 1.165) is 12.0 Å². The molecule has 18 heavy (non-hydrogen) atoms. The van der Waals surface area contributed by atoms with Crippen LogP contribution < -0.4 is 5.32 Å². The highest BCUT2D eigenvalue weighted by molar-refractivity contribution is 7.93. The Morgan fingerprint density at radius 2 is 2.00 bits per heavy atom. The van der Waals surface area contributed by atoms with Crippen molar-refractivity contribution in [3.63, 3.8) is 0 Å². The molecule has 0 spiro atoms. The van der Waals surface area contributed by atoms with Crippen LogP contribution in [0.5, 0.6) is 0 Å². The maximum atomic E-state index is 12.6. The number of aryl methyl sites for hydroxylation is 1. The summed E-state index contributed by atoms with van der Waals surface area (Å²) in [5, 5.41) is 2.53. The number of sulfone groups is 1. The minimum Gasteiger partial charge on any atom is -0.340 e. The summed E-state index contributed by atoms with van der Waals surface area (Å²) in [5.74, 6) is -0.0611. The maximum Gasteiger partial charge on any atom is 0.208 e. The normalized spacial score (nSPS) is 27.3. The van der Waals surface area contributed by atoms with Crippen LogP contribution in [0.3, 0.4) is 0 Å². The van der Waals surface area contributed by atoms with E-state index in [2.05, 4.69) is 5.32 Å². The quantitative estimate of drug-likeness (QED) is 0.634. The van der Waals surface area contributed by atoms with E-state index in [1.165, 1.54) is 0 Å². The first-order valence-corrected chi connectivity index (χ1v) is 7.45. The van der Waals surface area contributed by atoms with E-state index in [1.807, 2.05) is 14.8 Å². The van der Waals surface area contributed by atoms with Gasteiger partial charge in [-0.2, -0.15) is 0 Å². The molecular weight excluding hydrogens is 249 g/mol. The second-order valence-corrected chi connectivity index (χ2v) is 7.11. The minimum absolute atomic E-state index is 0.0611. The number of carbonyl (C=O) groups is 1. The number of hydrogen-bond acceptors (Lipinski definition) is 3. The lowest BCUT2D eigenvalue weighted by atomic mass is 9.66. The average Bonchev–Trinajstić information content (AvgIpc) is 2.34. The van der Waals surface area contributed by atoms with Crippen molar-refractivity contribution < 1.29 is 13.2 Å². The SMILES string of the molecule is BC1CCC1(NC=O)S(=O)(=O)c1ccc(C)cc1. The molecule has 2 atom stereocenters. The molecule has 1 amide bonds. The summed E-state index contributed by atoms with van der Waals surface area (Å²) in [6.45, 7) is 1.90. The molecule has 0 heterocycles. The number of nitrogens with one attached hydrogen (secondary N) is 1. The maximum absolute atomic E-state index is 12.6. The van der Waals surface area contributed by atoms with Crippen LogP contribution >= 0.6 is 0 Å². The van der Waals surface area contributed by atoms with Crippen molar-refractivity contribution in [3.8, 4) is 0 Å². The van der Waals surface area contributed by atoms with Gasteiger partial charge >= 0.3 is 0 Å². The van der Waals surface area contributed by atoms with Crippen LogP contribution in [0, 0.1) is 6.92 Å². The first-order chi connectivity index (χ1) is 8.44. The highest BCUT2D eigenvalue weighted by atomic mass is 32.2. The van der Waals surface area contributed by atoms with Gasteiger partial charge in [-0.3, -0.25) is 4.79 Å². The highest BCUT2D eigenvalue weighted by Gasteiger charge is 2.54. The zero-order valence-corrected chi connectivity index (χ0v) is 11.3. The fourth-order valence-electron chi connectivity index (χ4n) is 2.41. The molecule has 0 bridgehead atoms. The Morgan fingerprint density at radius 1 is 1.39 bits per heavy atom. The minimum atomic E-state index is -3.53. The van der Waals surface area contributed by atoms with Gasteiger partial charge in [-0.15, -0.1) is 0 Å². The highest BCUT2D eigenvalue weighted by Crippen LogP contribution is 2.47. The van der Waals surface area contributed by atoms with Gasteiger partial charge in [0.05, 0.1) is 4.90 Å². The molecule has 1 N–H and O–H groups in total. The van der Waals surface area contributed by atoms with Gasteiger partial charge in [0, 0.05) is 0 Å². The summed E-state index contributed by atoms with van der Waals surface area (Å²) < 4.78 is 25.3. The smallest absolute Gasteiger partial charge is 0.208 e. The molecule has 1 fully saturated rings. The van der Waals surface area contributed by atoms with Gasteiger partial charge in [-0.25, -0.2) is 8.42 Å². The third kappa shape index (κ3) is 1.75. The lowest BCUT2D eigenvalue weighted by molar-refractivity contribution is -0.111. The number of rotatable bonds is 4. The molecule has 1 aliphatic rings. The molecular formula is C12H16BNO3S. The van der Waals surface area contributed by atoms with Crippen LogP contribution in [0.1, 0.15) is 18.4 Å². The number of hydrogen-bond donors (Lipinski definition) is 1.